The fraction of sp³-hybridized carbons (Fsp3) is 0. The lowest BCUT2D eigenvalue weighted by molar-refractivity contribution is 0.398. The molecule has 0 saturated carbocycles. The Balaban J connectivity index is 2.43. The van der Waals surface area contributed by atoms with E-state index in [9.17, 15) is 20.4 Å². The zero-order valence-corrected chi connectivity index (χ0v) is 9.81. The highest BCUT2D eigenvalue weighted by Crippen LogP contribution is 2.41. The van der Waals surface area contributed by atoms with Gasteiger partial charge >= 0.3 is 0 Å². The molecule has 0 aliphatic heterocycles. The number of rotatable bonds is 2. The van der Waals surface area contributed by atoms with Crippen LogP contribution in [0.5, 0.6) is 23.0 Å². The molecule has 2 aromatic carbocycles. The maximum absolute atomic E-state index is 9.69. The van der Waals surface area contributed by atoms with Gasteiger partial charge in [-0.25, -0.2) is 0 Å². The molecule has 0 saturated heterocycles. The van der Waals surface area contributed by atoms with Crippen LogP contribution < -0.4 is 5.32 Å². The van der Waals surface area contributed by atoms with Crippen molar-refractivity contribution in [1.82, 2.24) is 0 Å². The molecular weight excluding hydrogens is 258 g/mol. The molecule has 2 aromatic rings. The quantitative estimate of drug-likeness (QED) is 0.426. The summed E-state index contributed by atoms with van der Waals surface area (Å²) in [7, 11) is 0. The van der Waals surface area contributed by atoms with E-state index in [0.29, 0.717) is 0 Å². The van der Waals surface area contributed by atoms with Gasteiger partial charge in [0.1, 0.15) is 5.75 Å². The second kappa shape index (κ2) is 4.54. The number of aromatic hydroxyl groups is 4. The average molecular weight is 268 g/mol. The molecule has 0 radical (unpaired) electrons. The van der Waals surface area contributed by atoms with Crippen molar-refractivity contribution in [1.29, 1.82) is 0 Å². The van der Waals surface area contributed by atoms with E-state index in [1.807, 2.05) is 0 Å². The summed E-state index contributed by atoms with van der Waals surface area (Å²) >= 11 is 5.73. The summed E-state index contributed by atoms with van der Waals surface area (Å²) in [5, 5.41) is 40.8. The Morgan fingerprint density at radius 3 is 2.33 bits per heavy atom. The molecule has 18 heavy (non-hydrogen) atoms. The summed E-state index contributed by atoms with van der Waals surface area (Å²) in [5.74, 6) is -1.33. The van der Waals surface area contributed by atoms with Crippen molar-refractivity contribution in [2.45, 2.75) is 0 Å². The zero-order chi connectivity index (χ0) is 13.3. The Hall–Kier alpha value is -2.27. The van der Waals surface area contributed by atoms with Gasteiger partial charge in [-0.3, -0.25) is 0 Å². The lowest BCUT2D eigenvalue weighted by Gasteiger charge is -2.12. The highest BCUT2D eigenvalue weighted by molar-refractivity contribution is 6.32. The first-order valence-corrected chi connectivity index (χ1v) is 5.36. The number of benzene rings is 2. The topological polar surface area (TPSA) is 93.0 Å². The summed E-state index contributed by atoms with van der Waals surface area (Å²) in [6, 6.07) is 6.83. The minimum absolute atomic E-state index is 0.0464. The van der Waals surface area contributed by atoms with E-state index >= 15 is 0 Å². The smallest absolute Gasteiger partial charge is 0.181 e. The fourth-order valence-electron chi connectivity index (χ4n) is 1.46. The molecule has 0 aromatic heterocycles. The summed E-state index contributed by atoms with van der Waals surface area (Å²) in [6.07, 6.45) is 0. The van der Waals surface area contributed by atoms with Gasteiger partial charge in [-0.2, -0.15) is 0 Å². The van der Waals surface area contributed by atoms with Crippen molar-refractivity contribution >= 4 is 23.0 Å². The monoisotopic (exact) mass is 267 g/mol. The number of anilines is 2. The molecule has 5 N–H and O–H groups in total. The van der Waals surface area contributed by atoms with Crippen molar-refractivity contribution in [3.8, 4) is 23.0 Å². The van der Waals surface area contributed by atoms with E-state index in [1.165, 1.54) is 18.2 Å². The molecule has 0 atom stereocenters. The highest BCUT2D eigenvalue weighted by Gasteiger charge is 2.12. The number of nitrogens with one attached hydrogen (secondary N) is 1. The van der Waals surface area contributed by atoms with Crippen molar-refractivity contribution in [2.75, 3.05) is 5.32 Å². The van der Waals surface area contributed by atoms with Gasteiger partial charge in [-0.1, -0.05) is 17.7 Å². The molecule has 2 rings (SSSR count). The molecule has 94 valence electrons. The average Bonchev–Trinajstić information content (AvgIpc) is 2.31. The summed E-state index contributed by atoms with van der Waals surface area (Å²) in [5.41, 5.74) is 0.285. The second-order valence-electron chi connectivity index (χ2n) is 3.62. The largest absolute Gasteiger partial charge is 0.508 e. The molecule has 0 fully saturated rings. The molecular formula is C12H10ClNO4. The molecule has 0 aliphatic carbocycles. The molecule has 0 heterocycles. The molecule has 0 bridgehead atoms. The Morgan fingerprint density at radius 2 is 1.61 bits per heavy atom. The third-order valence-electron chi connectivity index (χ3n) is 2.33. The molecule has 5 nitrogen and oxygen atoms in total. The van der Waals surface area contributed by atoms with Crippen LogP contribution in [-0.2, 0) is 0 Å². The van der Waals surface area contributed by atoms with Crippen LogP contribution in [0.2, 0.25) is 5.02 Å². The molecule has 0 aliphatic rings. The second-order valence-corrected chi connectivity index (χ2v) is 4.03. The number of phenols is 4. The Labute approximate surface area is 108 Å². The number of halogens is 1. The summed E-state index contributed by atoms with van der Waals surface area (Å²) < 4.78 is 0. The van der Waals surface area contributed by atoms with E-state index in [2.05, 4.69) is 5.32 Å². The minimum atomic E-state index is -0.473. The van der Waals surface area contributed by atoms with Crippen molar-refractivity contribution in [2.24, 2.45) is 0 Å². The zero-order valence-electron chi connectivity index (χ0n) is 9.05. The number of hydrogen-bond donors (Lipinski definition) is 5. The maximum Gasteiger partial charge on any atom is 0.181 e. The van der Waals surface area contributed by atoms with E-state index in [0.717, 1.165) is 6.07 Å². The van der Waals surface area contributed by atoms with Crippen LogP contribution in [0.15, 0.2) is 30.3 Å². The number of phenolic OH excluding ortho intramolecular Hbond substituents is 4. The number of hydrogen-bond acceptors (Lipinski definition) is 5. The van der Waals surface area contributed by atoms with E-state index in [1.54, 1.807) is 6.07 Å². The molecule has 0 unspecified atom stereocenters. The Kier molecular flexibility index (Phi) is 3.08. The SMILES string of the molecule is Oc1cc(O)c(O)c(Nc2cccc(Cl)c2O)c1. The summed E-state index contributed by atoms with van der Waals surface area (Å²) in [4.78, 5) is 0. The highest BCUT2D eigenvalue weighted by atomic mass is 35.5. The van der Waals surface area contributed by atoms with Gasteiger partial charge in [0.05, 0.1) is 16.4 Å². The van der Waals surface area contributed by atoms with Gasteiger partial charge in [-0.05, 0) is 12.1 Å². The minimum Gasteiger partial charge on any atom is -0.508 e. The van der Waals surface area contributed by atoms with Crippen LogP contribution in [0.25, 0.3) is 0 Å². The van der Waals surface area contributed by atoms with Crippen LogP contribution in [-0.4, -0.2) is 20.4 Å². The van der Waals surface area contributed by atoms with Crippen LogP contribution in [0.4, 0.5) is 11.4 Å². The first-order valence-electron chi connectivity index (χ1n) is 4.98. The van der Waals surface area contributed by atoms with Crippen molar-refractivity contribution in [3.63, 3.8) is 0 Å². The predicted octanol–water partition coefficient (Wildman–Crippen LogP) is 2.91. The lowest BCUT2D eigenvalue weighted by Crippen LogP contribution is -1.91. The van der Waals surface area contributed by atoms with E-state index in [-0.39, 0.29) is 27.9 Å². The van der Waals surface area contributed by atoms with Crippen LogP contribution in [0.3, 0.4) is 0 Å². The predicted molar refractivity (Wildman–Crippen MR) is 67.8 cm³/mol. The van der Waals surface area contributed by atoms with E-state index in [4.69, 9.17) is 11.6 Å². The first-order chi connectivity index (χ1) is 8.49. The molecule has 0 amide bonds. The lowest BCUT2D eigenvalue weighted by atomic mass is 10.2. The van der Waals surface area contributed by atoms with Crippen LogP contribution in [0, 0.1) is 0 Å². The van der Waals surface area contributed by atoms with E-state index < -0.39 is 11.5 Å². The van der Waals surface area contributed by atoms with Crippen molar-refractivity contribution in [3.05, 3.63) is 35.4 Å². The molecule has 6 heteroatoms. The van der Waals surface area contributed by atoms with Gasteiger partial charge in [0.25, 0.3) is 0 Å². The summed E-state index contributed by atoms with van der Waals surface area (Å²) in [6.45, 7) is 0. The van der Waals surface area contributed by atoms with Gasteiger partial charge in [-0.15, -0.1) is 0 Å². The fourth-order valence-corrected chi connectivity index (χ4v) is 1.64. The van der Waals surface area contributed by atoms with Gasteiger partial charge < -0.3 is 25.7 Å². The van der Waals surface area contributed by atoms with Gasteiger partial charge in [0.2, 0.25) is 0 Å². The Morgan fingerprint density at radius 1 is 0.889 bits per heavy atom. The third kappa shape index (κ3) is 2.21. The first kappa shape index (κ1) is 12.2. The van der Waals surface area contributed by atoms with Crippen molar-refractivity contribution < 1.29 is 20.4 Å². The molecule has 0 spiro atoms. The Bertz CT molecular complexity index is 601. The third-order valence-corrected chi connectivity index (χ3v) is 2.64. The number of para-hydroxylation sites is 1. The maximum atomic E-state index is 9.69. The van der Waals surface area contributed by atoms with Gasteiger partial charge in [0.15, 0.2) is 17.2 Å². The van der Waals surface area contributed by atoms with Crippen LogP contribution in [0.1, 0.15) is 0 Å². The standard InChI is InChI=1S/C12H10ClNO4/c13-7-2-1-3-8(11(7)17)14-9-4-6(15)5-10(16)12(9)18/h1-5,14-18H. The van der Waals surface area contributed by atoms with Gasteiger partial charge in [0, 0.05) is 12.1 Å². The normalized spacial score (nSPS) is 10.3. The van der Waals surface area contributed by atoms with Crippen LogP contribution >= 0.6 is 11.6 Å².